The Morgan fingerprint density at radius 3 is 1.22 bits per heavy atom. The number of aliphatic hydroxyl groups is 4. The van der Waals surface area contributed by atoms with Crippen molar-refractivity contribution in [2.75, 3.05) is 19.8 Å². The second-order valence-corrected chi connectivity index (χ2v) is 7.96. The third-order valence-electron chi connectivity index (χ3n) is 4.32. The molecule has 0 fully saturated rings. The molecule has 0 aromatic carbocycles. The zero-order chi connectivity index (χ0) is 28.4. The SMILES string of the molecule is C=C(C)C(=O)OC(OC(O)C(CO)(CO)CO)C(OC(=O)C(=C)C)(OC(=O)C(=C)C)OC(=O)C(=C)C. The van der Waals surface area contributed by atoms with E-state index in [0.717, 1.165) is 0 Å². The van der Waals surface area contributed by atoms with Crippen LogP contribution in [0.5, 0.6) is 0 Å². The summed E-state index contributed by atoms with van der Waals surface area (Å²) in [6.07, 6.45) is -5.04. The quantitative estimate of drug-likeness (QED) is 0.126. The van der Waals surface area contributed by atoms with Gasteiger partial charge in [0, 0.05) is 22.3 Å². The number of hydrogen-bond acceptors (Lipinski definition) is 13. The molecule has 13 nitrogen and oxygen atoms in total. The molecule has 0 heterocycles. The smallest absolute Gasteiger partial charge is 0.419 e. The van der Waals surface area contributed by atoms with Gasteiger partial charge in [-0.3, -0.25) is 0 Å². The van der Waals surface area contributed by atoms with E-state index in [1.54, 1.807) is 0 Å². The van der Waals surface area contributed by atoms with Crippen molar-refractivity contribution in [1.29, 1.82) is 0 Å². The molecule has 4 N–H and O–H groups in total. The van der Waals surface area contributed by atoms with E-state index in [9.17, 15) is 39.6 Å². The monoisotopic (exact) mass is 516 g/mol. The first kappa shape index (κ1) is 32.6. The maximum absolute atomic E-state index is 12.5. The fourth-order valence-corrected chi connectivity index (χ4v) is 1.88. The second-order valence-electron chi connectivity index (χ2n) is 7.96. The van der Waals surface area contributed by atoms with E-state index in [1.165, 1.54) is 27.7 Å². The zero-order valence-electron chi connectivity index (χ0n) is 20.6. The summed E-state index contributed by atoms with van der Waals surface area (Å²) >= 11 is 0. The fourth-order valence-electron chi connectivity index (χ4n) is 1.88. The lowest BCUT2D eigenvalue weighted by molar-refractivity contribution is -0.425. The molecule has 0 saturated carbocycles. The predicted molar refractivity (Wildman–Crippen MR) is 121 cm³/mol. The molecule has 0 saturated heterocycles. The van der Waals surface area contributed by atoms with Crippen LogP contribution in [0.4, 0.5) is 0 Å². The summed E-state index contributed by atoms with van der Waals surface area (Å²) in [6.45, 7) is 14.9. The van der Waals surface area contributed by atoms with Crippen LogP contribution in [0.25, 0.3) is 0 Å². The minimum absolute atomic E-state index is 0.270. The van der Waals surface area contributed by atoms with Crippen LogP contribution < -0.4 is 0 Å². The van der Waals surface area contributed by atoms with Crippen LogP contribution in [-0.4, -0.2) is 82.7 Å². The number of carbonyl (C=O) groups is 4. The Balaban J connectivity index is 7.16. The number of hydrogen-bond donors (Lipinski definition) is 4. The lowest BCUT2D eigenvalue weighted by atomic mass is 9.90. The molecule has 202 valence electrons. The zero-order valence-corrected chi connectivity index (χ0v) is 20.6. The summed E-state index contributed by atoms with van der Waals surface area (Å²) in [6, 6.07) is 0. The largest absolute Gasteiger partial charge is 0.491 e. The number of ether oxygens (including phenoxy) is 5. The van der Waals surface area contributed by atoms with Crippen molar-refractivity contribution in [3.63, 3.8) is 0 Å². The van der Waals surface area contributed by atoms with Crippen molar-refractivity contribution in [2.45, 2.75) is 46.2 Å². The molecule has 0 radical (unpaired) electrons. The van der Waals surface area contributed by atoms with Crippen LogP contribution in [0, 0.1) is 5.41 Å². The third kappa shape index (κ3) is 8.39. The van der Waals surface area contributed by atoms with Gasteiger partial charge in [-0.25, -0.2) is 19.2 Å². The molecule has 0 amide bonds. The van der Waals surface area contributed by atoms with Crippen molar-refractivity contribution >= 4 is 23.9 Å². The highest BCUT2D eigenvalue weighted by Crippen LogP contribution is 2.32. The Bertz CT molecular complexity index is 835. The minimum atomic E-state index is -3.40. The molecule has 0 spiro atoms. The van der Waals surface area contributed by atoms with E-state index in [0.29, 0.717) is 0 Å². The van der Waals surface area contributed by atoms with E-state index in [-0.39, 0.29) is 22.3 Å². The lowest BCUT2D eigenvalue weighted by Gasteiger charge is -2.39. The molecule has 0 bridgehead atoms. The summed E-state index contributed by atoms with van der Waals surface area (Å²) in [5.74, 6) is -8.70. The normalized spacial score (nSPS) is 13.0. The maximum atomic E-state index is 12.5. The summed E-state index contributed by atoms with van der Waals surface area (Å²) < 4.78 is 25.4. The molecule has 0 rings (SSSR count). The summed E-state index contributed by atoms with van der Waals surface area (Å²) in [4.78, 5) is 49.9. The first-order valence-corrected chi connectivity index (χ1v) is 10.2. The third-order valence-corrected chi connectivity index (χ3v) is 4.32. The Labute approximate surface area is 207 Å². The molecule has 2 unspecified atom stereocenters. The number of rotatable bonds is 15. The predicted octanol–water partition coefficient (Wildman–Crippen LogP) is -0.258. The molecular formula is C23H32O13. The van der Waals surface area contributed by atoms with Gasteiger partial charge in [0.15, 0.2) is 6.29 Å². The van der Waals surface area contributed by atoms with Gasteiger partial charge in [-0.1, -0.05) is 26.3 Å². The second kappa shape index (κ2) is 13.7. The highest BCUT2D eigenvalue weighted by Gasteiger charge is 2.58. The minimum Gasteiger partial charge on any atom is -0.419 e. The van der Waals surface area contributed by atoms with Crippen LogP contribution in [0.1, 0.15) is 27.7 Å². The molecule has 0 aromatic heterocycles. The van der Waals surface area contributed by atoms with Crippen LogP contribution in [0.15, 0.2) is 48.6 Å². The summed E-state index contributed by atoms with van der Waals surface area (Å²) in [5, 5.41) is 39.4. The van der Waals surface area contributed by atoms with Crippen molar-refractivity contribution in [3.05, 3.63) is 48.6 Å². The average Bonchev–Trinajstić information content (AvgIpc) is 2.79. The van der Waals surface area contributed by atoms with Gasteiger partial charge < -0.3 is 44.1 Å². The van der Waals surface area contributed by atoms with Gasteiger partial charge in [-0.15, -0.1) is 0 Å². The molecule has 36 heavy (non-hydrogen) atoms. The molecule has 0 aliphatic heterocycles. The topological polar surface area (TPSA) is 195 Å². The first-order valence-electron chi connectivity index (χ1n) is 10.2. The molecular weight excluding hydrogens is 484 g/mol. The molecule has 0 aliphatic rings. The Kier molecular flexibility index (Phi) is 12.4. The van der Waals surface area contributed by atoms with Gasteiger partial charge in [0.05, 0.1) is 25.2 Å². The van der Waals surface area contributed by atoms with Crippen LogP contribution in [-0.2, 0) is 42.9 Å². The van der Waals surface area contributed by atoms with Crippen molar-refractivity contribution in [2.24, 2.45) is 5.41 Å². The van der Waals surface area contributed by atoms with Gasteiger partial charge >= 0.3 is 36.1 Å². The van der Waals surface area contributed by atoms with Gasteiger partial charge in [0.1, 0.15) is 0 Å². The van der Waals surface area contributed by atoms with E-state index < -0.39 is 67.7 Å². The van der Waals surface area contributed by atoms with E-state index in [2.05, 4.69) is 26.3 Å². The van der Waals surface area contributed by atoms with Gasteiger partial charge in [-0.05, 0) is 27.7 Å². The van der Waals surface area contributed by atoms with E-state index in [4.69, 9.17) is 23.7 Å². The molecule has 0 aromatic rings. The highest BCUT2D eigenvalue weighted by molar-refractivity contribution is 5.91. The standard InChI is InChI=1S/C23H32O13/c1-12(2)16(27)32-21(33-20(31)22(9-24,10-25)11-26)23(34-17(28)13(3)4,35-18(29)14(5)6)36-19(30)15(7)8/h20-21,24-26,31H,1,3,5,7,9-11H2,2,4,6,8H3. The summed E-state index contributed by atoms with van der Waals surface area (Å²) in [5.41, 5.74) is -3.38. The van der Waals surface area contributed by atoms with Crippen molar-refractivity contribution < 1.29 is 63.3 Å². The van der Waals surface area contributed by atoms with Crippen LogP contribution in [0.3, 0.4) is 0 Å². The first-order chi connectivity index (χ1) is 16.5. The number of esters is 4. The fraction of sp³-hybridized carbons (Fsp3) is 0.478. The Hall–Kier alpha value is -3.36. The highest BCUT2D eigenvalue weighted by atomic mass is 16.9. The van der Waals surface area contributed by atoms with E-state index >= 15 is 0 Å². The average molecular weight is 516 g/mol. The van der Waals surface area contributed by atoms with Crippen molar-refractivity contribution in [1.82, 2.24) is 0 Å². The van der Waals surface area contributed by atoms with Crippen molar-refractivity contribution in [3.8, 4) is 0 Å². The number of aliphatic hydroxyl groups excluding tert-OH is 4. The Morgan fingerprint density at radius 1 is 0.667 bits per heavy atom. The maximum Gasteiger partial charge on any atom is 0.491 e. The molecule has 13 heteroatoms. The summed E-state index contributed by atoms with van der Waals surface area (Å²) in [7, 11) is 0. The van der Waals surface area contributed by atoms with Crippen LogP contribution in [0.2, 0.25) is 0 Å². The van der Waals surface area contributed by atoms with Crippen LogP contribution >= 0.6 is 0 Å². The van der Waals surface area contributed by atoms with Gasteiger partial charge in [0.25, 0.3) is 0 Å². The van der Waals surface area contributed by atoms with Gasteiger partial charge in [0.2, 0.25) is 0 Å². The molecule has 0 aliphatic carbocycles. The molecule has 2 atom stereocenters. The van der Waals surface area contributed by atoms with Gasteiger partial charge in [-0.2, -0.15) is 0 Å². The Morgan fingerprint density at radius 2 is 0.972 bits per heavy atom. The lowest BCUT2D eigenvalue weighted by Crippen LogP contribution is -2.59. The number of carbonyl (C=O) groups excluding carboxylic acids is 4. The van der Waals surface area contributed by atoms with E-state index in [1.807, 2.05) is 0 Å².